The average Bonchev–Trinajstić information content (AvgIpc) is 2.98. The lowest BCUT2D eigenvalue weighted by molar-refractivity contribution is -0.150. The van der Waals surface area contributed by atoms with Crippen molar-refractivity contribution in [2.75, 3.05) is 13.2 Å². The molecule has 126 valence electrons. The molecule has 21 heavy (non-hydrogen) atoms. The first-order valence-corrected chi connectivity index (χ1v) is 7.08. The van der Waals surface area contributed by atoms with E-state index in [4.69, 9.17) is 14.9 Å². The number of hydrogen-bond donors (Lipinski definition) is 2. The predicted molar refractivity (Wildman–Crippen MR) is 82.9 cm³/mol. The molecule has 0 radical (unpaired) electrons. The summed E-state index contributed by atoms with van der Waals surface area (Å²) in [4.78, 5) is 22.0. The molecular formula is C16H32O5. The van der Waals surface area contributed by atoms with Gasteiger partial charge in [0, 0.05) is 18.9 Å². The van der Waals surface area contributed by atoms with Gasteiger partial charge in [0.25, 0.3) is 0 Å². The Kier molecular flexibility index (Phi) is 12.4. The number of ether oxygens (including phenoxy) is 1. The molecule has 0 amide bonds. The molecule has 0 bridgehead atoms. The summed E-state index contributed by atoms with van der Waals surface area (Å²) in [5, 5.41) is 17.6. The summed E-state index contributed by atoms with van der Waals surface area (Å²) in [6.45, 7) is 2.26. The van der Waals surface area contributed by atoms with Crippen LogP contribution in [-0.2, 0) is 14.3 Å². The van der Waals surface area contributed by atoms with Crippen molar-refractivity contribution in [3.63, 3.8) is 0 Å². The van der Waals surface area contributed by atoms with Gasteiger partial charge < -0.3 is 14.9 Å². The highest BCUT2D eigenvalue weighted by atomic mass is 16.5. The normalized spacial score (nSPS) is 27.0. The highest BCUT2D eigenvalue weighted by Gasteiger charge is 2.31. The fraction of sp³-hybridized carbons (Fsp3) is 0.875. The molecule has 2 aliphatic carbocycles. The largest absolute Gasteiger partial charge is 0.465 e. The van der Waals surface area contributed by atoms with Gasteiger partial charge in [0.15, 0.2) is 0 Å². The van der Waals surface area contributed by atoms with Crippen LogP contribution in [0.5, 0.6) is 0 Å². The second-order valence-corrected chi connectivity index (χ2v) is 5.10. The lowest BCUT2D eigenvalue weighted by atomic mass is 10.1. The SMILES string of the molecule is C.C.CCOC(=O)C1CCCC1=O.OCC1CCCC1O. The fourth-order valence-electron chi connectivity index (χ4n) is 2.54. The number of ketones is 1. The molecule has 0 aromatic rings. The zero-order valence-electron chi connectivity index (χ0n) is 11.5. The van der Waals surface area contributed by atoms with E-state index in [0.717, 1.165) is 25.7 Å². The van der Waals surface area contributed by atoms with Crippen molar-refractivity contribution in [2.45, 2.75) is 66.4 Å². The second kappa shape index (κ2) is 11.7. The summed E-state index contributed by atoms with van der Waals surface area (Å²) in [7, 11) is 0. The van der Waals surface area contributed by atoms with Crippen molar-refractivity contribution in [3.8, 4) is 0 Å². The van der Waals surface area contributed by atoms with Crippen molar-refractivity contribution >= 4 is 11.8 Å². The van der Waals surface area contributed by atoms with Crippen LogP contribution in [0.1, 0.15) is 60.3 Å². The lowest BCUT2D eigenvalue weighted by Crippen LogP contribution is -2.21. The predicted octanol–water partition coefficient (Wildman–Crippen LogP) is 2.33. The molecule has 0 aromatic carbocycles. The van der Waals surface area contributed by atoms with E-state index in [1.165, 1.54) is 0 Å². The van der Waals surface area contributed by atoms with Crippen LogP contribution in [0.3, 0.4) is 0 Å². The molecule has 2 aliphatic rings. The van der Waals surface area contributed by atoms with Gasteiger partial charge in [-0.25, -0.2) is 0 Å². The van der Waals surface area contributed by atoms with Crippen molar-refractivity contribution in [1.29, 1.82) is 0 Å². The number of hydrogen-bond acceptors (Lipinski definition) is 5. The minimum absolute atomic E-state index is 0. The Balaban J connectivity index is 0. The van der Waals surface area contributed by atoms with Gasteiger partial charge in [-0.3, -0.25) is 9.59 Å². The number of esters is 1. The van der Waals surface area contributed by atoms with Gasteiger partial charge >= 0.3 is 5.97 Å². The van der Waals surface area contributed by atoms with Crippen molar-refractivity contribution in [3.05, 3.63) is 0 Å². The van der Waals surface area contributed by atoms with Gasteiger partial charge in [-0.2, -0.15) is 0 Å². The molecule has 2 fully saturated rings. The van der Waals surface area contributed by atoms with Crippen LogP contribution in [0, 0.1) is 11.8 Å². The summed E-state index contributed by atoms with van der Waals surface area (Å²) >= 11 is 0. The van der Waals surface area contributed by atoms with E-state index in [-0.39, 0.29) is 45.2 Å². The first kappa shape index (κ1) is 22.3. The van der Waals surface area contributed by atoms with Crippen LogP contribution in [0.4, 0.5) is 0 Å². The maximum Gasteiger partial charge on any atom is 0.316 e. The lowest BCUT2D eigenvalue weighted by Gasteiger charge is -2.08. The van der Waals surface area contributed by atoms with E-state index >= 15 is 0 Å². The van der Waals surface area contributed by atoms with Crippen LogP contribution in [-0.4, -0.2) is 41.3 Å². The number of aliphatic hydroxyl groups is 2. The number of carbonyl (C=O) groups excluding carboxylic acids is 2. The maximum atomic E-state index is 11.0. The second-order valence-electron chi connectivity index (χ2n) is 5.10. The highest BCUT2D eigenvalue weighted by molar-refractivity contribution is 6.00. The number of aliphatic hydroxyl groups excluding tert-OH is 2. The Morgan fingerprint density at radius 1 is 1.24 bits per heavy atom. The third kappa shape index (κ3) is 7.05. The smallest absolute Gasteiger partial charge is 0.316 e. The molecule has 3 atom stereocenters. The molecule has 0 aliphatic heterocycles. The quantitative estimate of drug-likeness (QED) is 0.617. The maximum absolute atomic E-state index is 11.0. The molecular weight excluding hydrogens is 272 g/mol. The Hall–Kier alpha value is -0.940. The Labute approximate surface area is 128 Å². The third-order valence-electron chi connectivity index (χ3n) is 3.73. The average molecular weight is 304 g/mol. The van der Waals surface area contributed by atoms with Gasteiger partial charge in [-0.1, -0.05) is 21.3 Å². The summed E-state index contributed by atoms with van der Waals surface area (Å²) in [6.07, 6.45) is 4.79. The Bertz CT molecular complexity index is 303. The van der Waals surface area contributed by atoms with E-state index in [9.17, 15) is 9.59 Å². The summed E-state index contributed by atoms with van der Waals surface area (Å²) in [5.41, 5.74) is 0. The topological polar surface area (TPSA) is 83.8 Å². The fourth-order valence-corrected chi connectivity index (χ4v) is 2.54. The van der Waals surface area contributed by atoms with E-state index in [1.54, 1.807) is 6.92 Å². The minimum Gasteiger partial charge on any atom is -0.465 e. The van der Waals surface area contributed by atoms with Crippen molar-refractivity contribution < 1.29 is 24.5 Å². The molecule has 2 rings (SSSR count). The number of Topliss-reactive ketones (excluding diaryl/α,β-unsaturated/α-hetero) is 1. The third-order valence-corrected chi connectivity index (χ3v) is 3.73. The molecule has 0 heterocycles. The molecule has 2 N–H and O–H groups in total. The Morgan fingerprint density at radius 2 is 1.90 bits per heavy atom. The molecule has 3 unspecified atom stereocenters. The van der Waals surface area contributed by atoms with Gasteiger partial charge in [0.2, 0.25) is 0 Å². The van der Waals surface area contributed by atoms with Crippen LogP contribution in [0.2, 0.25) is 0 Å². The first-order chi connectivity index (χ1) is 9.10. The van der Waals surface area contributed by atoms with E-state index in [1.807, 2.05) is 0 Å². The standard InChI is InChI=1S/C8H12O3.C6H12O2.2CH4/c1-2-11-8(10)6-4-3-5-7(6)9;7-4-5-2-1-3-6(5)8;;/h6H,2-5H2,1H3;5-8H,1-4H2;2*1H4. The van der Waals surface area contributed by atoms with Crippen molar-refractivity contribution in [2.24, 2.45) is 11.8 Å². The molecule has 5 heteroatoms. The number of carbonyl (C=O) groups is 2. The molecule has 0 spiro atoms. The van der Waals surface area contributed by atoms with Crippen LogP contribution < -0.4 is 0 Å². The van der Waals surface area contributed by atoms with Crippen LogP contribution >= 0.6 is 0 Å². The molecule has 5 nitrogen and oxygen atoms in total. The van der Waals surface area contributed by atoms with Crippen molar-refractivity contribution in [1.82, 2.24) is 0 Å². The van der Waals surface area contributed by atoms with Gasteiger partial charge in [0.1, 0.15) is 11.7 Å². The van der Waals surface area contributed by atoms with Gasteiger partial charge in [-0.05, 0) is 32.6 Å². The van der Waals surface area contributed by atoms with E-state index in [0.29, 0.717) is 19.4 Å². The van der Waals surface area contributed by atoms with Crippen LogP contribution in [0.25, 0.3) is 0 Å². The minimum atomic E-state index is -0.449. The Morgan fingerprint density at radius 3 is 2.24 bits per heavy atom. The summed E-state index contributed by atoms with van der Waals surface area (Å²) in [5.74, 6) is -0.566. The van der Waals surface area contributed by atoms with Gasteiger partial charge in [0.05, 0.1) is 12.7 Å². The zero-order valence-corrected chi connectivity index (χ0v) is 11.5. The first-order valence-electron chi connectivity index (χ1n) is 7.08. The van der Waals surface area contributed by atoms with E-state index < -0.39 is 5.92 Å². The van der Waals surface area contributed by atoms with Crippen LogP contribution in [0.15, 0.2) is 0 Å². The zero-order chi connectivity index (χ0) is 14.3. The van der Waals surface area contributed by atoms with Gasteiger partial charge in [-0.15, -0.1) is 0 Å². The summed E-state index contributed by atoms with van der Waals surface area (Å²) in [6, 6.07) is 0. The number of rotatable bonds is 3. The molecule has 2 saturated carbocycles. The van der Waals surface area contributed by atoms with E-state index in [2.05, 4.69) is 0 Å². The molecule has 0 saturated heterocycles. The molecule has 0 aromatic heterocycles. The summed E-state index contributed by atoms with van der Waals surface area (Å²) < 4.78 is 4.74. The highest BCUT2D eigenvalue weighted by Crippen LogP contribution is 2.24. The monoisotopic (exact) mass is 304 g/mol.